The Morgan fingerprint density at radius 2 is 2.07 bits per heavy atom. The molecule has 0 aliphatic heterocycles. The first kappa shape index (κ1) is 19.7. The Labute approximate surface area is 165 Å². The maximum atomic E-state index is 13.1. The summed E-state index contributed by atoms with van der Waals surface area (Å²) in [5.74, 6) is 0.930. The number of benzene rings is 1. The van der Waals surface area contributed by atoms with Gasteiger partial charge in [-0.15, -0.1) is 10.2 Å². The molecule has 1 amide bonds. The van der Waals surface area contributed by atoms with Crippen molar-refractivity contribution in [2.75, 3.05) is 13.7 Å². The van der Waals surface area contributed by atoms with Crippen LogP contribution in [0.2, 0.25) is 0 Å². The third kappa shape index (κ3) is 4.46. The van der Waals surface area contributed by atoms with E-state index in [1.165, 1.54) is 31.0 Å². The lowest BCUT2D eigenvalue weighted by Crippen LogP contribution is -2.44. The molecule has 0 radical (unpaired) electrons. The number of methoxy groups -OCH3 is 1. The number of hydrogen-bond acceptors (Lipinski definition) is 5. The van der Waals surface area contributed by atoms with E-state index in [1.807, 2.05) is 35.8 Å². The van der Waals surface area contributed by atoms with Crippen LogP contribution in [0.3, 0.4) is 0 Å². The van der Waals surface area contributed by atoms with E-state index in [4.69, 9.17) is 4.74 Å². The second-order valence-electron chi connectivity index (χ2n) is 6.83. The first-order chi connectivity index (χ1) is 13.2. The van der Waals surface area contributed by atoms with E-state index in [0.29, 0.717) is 11.2 Å². The summed E-state index contributed by atoms with van der Waals surface area (Å²) in [4.78, 5) is 15.1. The van der Waals surface area contributed by atoms with Crippen molar-refractivity contribution in [3.63, 3.8) is 0 Å². The summed E-state index contributed by atoms with van der Waals surface area (Å²) in [7, 11) is 1.64. The molecule has 3 rings (SSSR count). The number of nitrogens with zero attached hydrogens (tertiary/aromatic N) is 4. The van der Waals surface area contributed by atoms with Crippen LogP contribution in [0.1, 0.15) is 46.0 Å². The minimum atomic E-state index is -0.218. The quantitative estimate of drug-likeness (QED) is 0.673. The average Bonchev–Trinajstić information content (AvgIpc) is 3.17. The van der Waals surface area contributed by atoms with Crippen molar-refractivity contribution in [3.8, 4) is 11.4 Å². The molecule has 1 aromatic heterocycles. The number of aromatic nitrogens is 3. The molecule has 1 saturated carbocycles. The summed E-state index contributed by atoms with van der Waals surface area (Å²) in [6.07, 6.45) is 7.63. The molecular weight excluding hydrogens is 360 g/mol. The zero-order valence-corrected chi connectivity index (χ0v) is 17.1. The number of ether oxygens (including phenoxy) is 1. The molecule has 2 aromatic rings. The Balaban J connectivity index is 1.75. The van der Waals surface area contributed by atoms with E-state index < -0.39 is 0 Å². The van der Waals surface area contributed by atoms with Crippen molar-refractivity contribution in [2.24, 2.45) is 0 Å². The predicted octanol–water partition coefficient (Wildman–Crippen LogP) is 3.94. The van der Waals surface area contributed by atoms with Gasteiger partial charge in [-0.3, -0.25) is 9.36 Å². The molecule has 1 unspecified atom stereocenters. The molecule has 0 N–H and O–H groups in total. The SMILES string of the molecule is CCN(C(=O)C(C)Sc1nncn1-c1ccccc1OC)C1CCCCC1. The van der Waals surface area contributed by atoms with Crippen LogP contribution in [0.4, 0.5) is 0 Å². The van der Waals surface area contributed by atoms with Crippen LogP contribution >= 0.6 is 11.8 Å². The van der Waals surface area contributed by atoms with E-state index in [-0.39, 0.29) is 11.2 Å². The fourth-order valence-corrected chi connectivity index (χ4v) is 4.63. The highest BCUT2D eigenvalue weighted by molar-refractivity contribution is 8.00. The molecule has 1 fully saturated rings. The van der Waals surface area contributed by atoms with Gasteiger partial charge in [0, 0.05) is 12.6 Å². The van der Waals surface area contributed by atoms with E-state index in [9.17, 15) is 4.79 Å². The monoisotopic (exact) mass is 388 g/mol. The Kier molecular flexibility index (Phi) is 6.77. The van der Waals surface area contributed by atoms with Gasteiger partial charge in [-0.2, -0.15) is 0 Å². The number of carbonyl (C=O) groups is 1. The molecule has 0 bridgehead atoms. The van der Waals surface area contributed by atoms with Gasteiger partial charge in [0.05, 0.1) is 18.0 Å². The van der Waals surface area contributed by atoms with Crippen molar-refractivity contribution in [3.05, 3.63) is 30.6 Å². The van der Waals surface area contributed by atoms with Gasteiger partial charge in [0.25, 0.3) is 0 Å². The third-order valence-corrected chi connectivity index (χ3v) is 6.17. The van der Waals surface area contributed by atoms with E-state index in [2.05, 4.69) is 22.0 Å². The number of thioether (sulfide) groups is 1. The minimum Gasteiger partial charge on any atom is -0.495 e. The second-order valence-corrected chi connectivity index (χ2v) is 8.14. The topological polar surface area (TPSA) is 60.2 Å². The zero-order valence-electron chi connectivity index (χ0n) is 16.3. The van der Waals surface area contributed by atoms with Gasteiger partial charge in [0.15, 0.2) is 5.16 Å². The van der Waals surface area contributed by atoms with Gasteiger partial charge in [-0.1, -0.05) is 43.2 Å². The fraction of sp³-hybridized carbons (Fsp3) is 0.550. The van der Waals surface area contributed by atoms with Crippen LogP contribution in [0.25, 0.3) is 5.69 Å². The lowest BCUT2D eigenvalue weighted by molar-refractivity contribution is -0.133. The van der Waals surface area contributed by atoms with Crippen LogP contribution in [0, 0.1) is 0 Å². The van der Waals surface area contributed by atoms with E-state index >= 15 is 0 Å². The largest absolute Gasteiger partial charge is 0.495 e. The molecule has 0 spiro atoms. The Hall–Kier alpha value is -2.02. The lowest BCUT2D eigenvalue weighted by Gasteiger charge is -2.35. The average molecular weight is 389 g/mol. The van der Waals surface area contributed by atoms with Crippen LogP contribution in [0.15, 0.2) is 35.7 Å². The summed E-state index contributed by atoms with van der Waals surface area (Å²) in [6.45, 7) is 4.79. The standard InChI is InChI=1S/C20H28N4O2S/c1-4-23(16-10-6-5-7-11-16)19(25)15(2)27-20-22-21-14-24(20)17-12-8-9-13-18(17)26-3/h8-9,12-16H,4-7,10-11H2,1-3H3. The van der Waals surface area contributed by atoms with Crippen LogP contribution in [-0.4, -0.2) is 50.5 Å². The van der Waals surface area contributed by atoms with Gasteiger partial charge >= 0.3 is 0 Å². The van der Waals surface area contributed by atoms with E-state index in [0.717, 1.165) is 30.8 Å². The van der Waals surface area contributed by atoms with Crippen LogP contribution in [-0.2, 0) is 4.79 Å². The van der Waals surface area contributed by atoms with E-state index in [1.54, 1.807) is 13.4 Å². The number of hydrogen-bond donors (Lipinski definition) is 0. The maximum absolute atomic E-state index is 13.1. The molecule has 1 aliphatic rings. The lowest BCUT2D eigenvalue weighted by atomic mass is 9.94. The fourth-order valence-electron chi connectivity index (χ4n) is 3.73. The summed E-state index contributed by atoms with van der Waals surface area (Å²) in [5, 5.41) is 8.77. The molecule has 7 heteroatoms. The number of amides is 1. The molecule has 1 atom stereocenters. The minimum absolute atomic E-state index is 0.184. The molecule has 1 aliphatic carbocycles. The highest BCUT2D eigenvalue weighted by Crippen LogP contribution is 2.30. The highest BCUT2D eigenvalue weighted by Gasteiger charge is 2.29. The van der Waals surface area contributed by atoms with Crippen molar-refractivity contribution < 1.29 is 9.53 Å². The van der Waals surface area contributed by atoms with Crippen molar-refractivity contribution >= 4 is 17.7 Å². The maximum Gasteiger partial charge on any atom is 0.236 e. The molecule has 27 heavy (non-hydrogen) atoms. The molecule has 0 saturated heterocycles. The first-order valence-corrected chi connectivity index (χ1v) is 10.5. The Morgan fingerprint density at radius 1 is 1.33 bits per heavy atom. The summed E-state index contributed by atoms with van der Waals surface area (Å²) >= 11 is 1.45. The van der Waals surface area contributed by atoms with Gasteiger partial charge in [0.1, 0.15) is 12.1 Å². The Morgan fingerprint density at radius 3 is 2.78 bits per heavy atom. The highest BCUT2D eigenvalue weighted by atomic mass is 32.2. The number of rotatable bonds is 7. The predicted molar refractivity (Wildman–Crippen MR) is 107 cm³/mol. The van der Waals surface area contributed by atoms with Gasteiger partial charge in [-0.05, 0) is 38.8 Å². The van der Waals surface area contributed by atoms with Gasteiger partial charge in [-0.25, -0.2) is 0 Å². The number of carbonyl (C=O) groups excluding carboxylic acids is 1. The van der Waals surface area contributed by atoms with Crippen molar-refractivity contribution in [2.45, 2.75) is 62.4 Å². The molecule has 1 heterocycles. The second kappa shape index (κ2) is 9.26. The Bertz CT molecular complexity index is 758. The normalized spacial score (nSPS) is 16.1. The first-order valence-electron chi connectivity index (χ1n) is 9.66. The summed E-state index contributed by atoms with van der Waals surface area (Å²) < 4.78 is 7.33. The smallest absolute Gasteiger partial charge is 0.236 e. The molecule has 1 aromatic carbocycles. The van der Waals surface area contributed by atoms with Crippen LogP contribution < -0.4 is 4.74 Å². The molecule has 146 valence electrons. The zero-order chi connectivity index (χ0) is 19.2. The summed E-state index contributed by atoms with van der Waals surface area (Å²) in [6, 6.07) is 8.11. The van der Waals surface area contributed by atoms with Gasteiger partial charge < -0.3 is 9.64 Å². The van der Waals surface area contributed by atoms with Crippen molar-refractivity contribution in [1.82, 2.24) is 19.7 Å². The van der Waals surface area contributed by atoms with Crippen LogP contribution in [0.5, 0.6) is 5.75 Å². The molecule has 6 nitrogen and oxygen atoms in total. The number of para-hydroxylation sites is 2. The van der Waals surface area contributed by atoms with Crippen molar-refractivity contribution in [1.29, 1.82) is 0 Å². The van der Waals surface area contributed by atoms with Gasteiger partial charge in [0.2, 0.25) is 5.91 Å². The third-order valence-electron chi connectivity index (χ3n) is 5.13. The molecular formula is C20H28N4O2S. The summed E-state index contributed by atoms with van der Waals surface area (Å²) in [5.41, 5.74) is 0.867.